The lowest BCUT2D eigenvalue weighted by atomic mass is 9.82. The molecule has 0 aliphatic heterocycles. The third kappa shape index (κ3) is 4.17. The van der Waals surface area contributed by atoms with Gasteiger partial charge in [0, 0.05) is 18.3 Å². The molecular formula is C17H23N7O2. The molecule has 1 fully saturated rings. The Morgan fingerprint density at radius 2 is 2.08 bits per heavy atom. The van der Waals surface area contributed by atoms with Crippen molar-refractivity contribution in [1.29, 1.82) is 0 Å². The van der Waals surface area contributed by atoms with Gasteiger partial charge in [-0.2, -0.15) is 4.98 Å². The van der Waals surface area contributed by atoms with E-state index in [-0.39, 0.29) is 22.9 Å². The zero-order chi connectivity index (χ0) is 18.6. The second-order valence-electron chi connectivity index (χ2n) is 6.65. The molecule has 0 unspecified atom stereocenters. The number of pyridine rings is 1. The standard InChI is InChI=1S/C17H23N7O2/c18-13(25)12-14(22-11-5-4-8-20-9-11)23-16(24-15(12)26)21-10-17(19)6-2-1-3-7-17/h4-5,8-9H,1-3,6-7,10,19H2,(H2,18,25)(H3,21,22,23,24,26). The van der Waals surface area contributed by atoms with Crippen LogP contribution in [0.5, 0.6) is 0 Å². The molecule has 9 nitrogen and oxygen atoms in total. The first-order valence-electron chi connectivity index (χ1n) is 8.61. The Bertz CT molecular complexity index is 829. The summed E-state index contributed by atoms with van der Waals surface area (Å²) < 4.78 is 0. The number of carbonyl (C=O) groups is 1. The number of hydrogen-bond acceptors (Lipinski definition) is 7. The van der Waals surface area contributed by atoms with Gasteiger partial charge < -0.3 is 22.1 Å². The molecule has 0 radical (unpaired) electrons. The smallest absolute Gasteiger partial charge is 0.267 e. The second-order valence-corrected chi connectivity index (χ2v) is 6.65. The molecule has 1 saturated carbocycles. The largest absolute Gasteiger partial charge is 0.365 e. The highest BCUT2D eigenvalue weighted by Gasteiger charge is 2.27. The van der Waals surface area contributed by atoms with Crippen molar-refractivity contribution in [1.82, 2.24) is 15.0 Å². The number of primary amides is 1. The third-order valence-corrected chi connectivity index (χ3v) is 4.55. The first-order chi connectivity index (χ1) is 12.5. The Kier molecular flexibility index (Phi) is 5.17. The van der Waals surface area contributed by atoms with Crippen LogP contribution in [-0.4, -0.2) is 32.9 Å². The lowest BCUT2D eigenvalue weighted by Crippen LogP contribution is -2.48. The summed E-state index contributed by atoms with van der Waals surface area (Å²) in [6.07, 6.45) is 8.39. The maximum absolute atomic E-state index is 12.3. The van der Waals surface area contributed by atoms with E-state index in [1.54, 1.807) is 24.5 Å². The number of hydrogen-bond donors (Lipinski definition) is 5. The van der Waals surface area contributed by atoms with Gasteiger partial charge in [0.05, 0.1) is 11.9 Å². The van der Waals surface area contributed by atoms with E-state index in [0.717, 1.165) is 25.7 Å². The molecule has 1 aliphatic rings. The minimum absolute atomic E-state index is 0.0754. The van der Waals surface area contributed by atoms with Crippen molar-refractivity contribution >= 4 is 23.4 Å². The fourth-order valence-electron chi connectivity index (χ4n) is 3.14. The SMILES string of the molecule is NC(=O)c1c(Nc2cccnc2)nc(NCC2(N)CCCCC2)[nH]c1=O. The molecule has 0 saturated heterocycles. The number of aromatic amines is 1. The number of H-pyrrole nitrogens is 1. The van der Waals surface area contributed by atoms with Gasteiger partial charge in [0.1, 0.15) is 5.56 Å². The van der Waals surface area contributed by atoms with Crippen molar-refractivity contribution in [3.63, 3.8) is 0 Å². The van der Waals surface area contributed by atoms with Gasteiger partial charge in [-0.15, -0.1) is 0 Å². The molecule has 0 aromatic carbocycles. The molecular weight excluding hydrogens is 334 g/mol. The van der Waals surface area contributed by atoms with Crippen LogP contribution in [0.25, 0.3) is 0 Å². The average molecular weight is 357 g/mol. The molecule has 0 spiro atoms. The molecule has 1 amide bonds. The van der Waals surface area contributed by atoms with Gasteiger partial charge in [-0.1, -0.05) is 19.3 Å². The molecule has 9 heteroatoms. The number of nitrogens with zero attached hydrogens (tertiary/aromatic N) is 2. The number of amides is 1. The molecule has 2 aromatic rings. The highest BCUT2D eigenvalue weighted by atomic mass is 16.2. The Hall–Kier alpha value is -2.94. The Balaban J connectivity index is 1.85. The molecule has 138 valence electrons. The van der Waals surface area contributed by atoms with E-state index in [9.17, 15) is 9.59 Å². The molecule has 1 aliphatic carbocycles. The van der Waals surface area contributed by atoms with Crippen molar-refractivity contribution in [3.05, 3.63) is 40.4 Å². The highest BCUT2D eigenvalue weighted by Crippen LogP contribution is 2.26. The van der Waals surface area contributed by atoms with Crippen molar-refractivity contribution < 1.29 is 4.79 Å². The van der Waals surface area contributed by atoms with Crippen LogP contribution < -0.4 is 27.7 Å². The number of nitrogens with two attached hydrogens (primary N) is 2. The molecule has 2 aromatic heterocycles. The Labute approximate surface area is 150 Å². The predicted octanol–water partition coefficient (Wildman–Crippen LogP) is 1.08. The molecule has 2 heterocycles. The van der Waals surface area contributed by atoms with Gasteiger partial charge in [0.15, 0.2) is 5.82 Å². The molecule has 0 bridgehead atoms. The minimum Gasteiger partial charge on any atom is -0.365 e. The summed E-state index contributed by atoms with van der Waals surface area (Å²) in [6.45, 7) is 0.484. The Morgan fingerprint density at radius 1 is 1.31 bits per heavy atom. The van der Waals surface area contributed by atoms with Crippen LogP contribution in [0.3, 0.4) is 0 Å². The number of nitrogens with one attached hydrogen (secondary N) is 3. The monoisotopic (exact) mass is 357 g/mol. The number of anilines is 3. The van der Waals surface area contributed by atoms with Crippen LogP contribution >= 0.6 is 0 Å². The summed E-state index contributed by atoms with van der Waals surface area (Å²) in [5, 5.41) is 6.01. The Morgan fingerprint density at radius 3 is 2.73 bits per heavy atom. The zero-order valence-electron chi connectivity index (χ0n) is 14.4. The summed E-state index contributed by atoms with van der Waals surface area (Å²) in [6, 6.07) is 3.46. The van der Waals surface area contributed by atoms with Gasteiger partial charge in [-0.05, 0) is 25.0 Å². The van der Waals surface area contributed by atoms with Gasteiger partial charge in [0.2, 0.25) is 5.95 Å². The predicted molar refractivity (Wildman–Crippen MR) is 99.4 cm³/mol. The van der Waals surface area contributed by atoms with Crippen molar-refractivity contribution in [2.45, 2.75) is 37.6 Å². The lowest BCUT2D eigenvalue weighted by molar-refractivity contribution is 0.0999. The summed E-state index contributed by atoms with van der Waals surface area (Å²) in [7, 11) is 0. The summed E-state index contributed by atoms with van der Waals surface area (Å²) in [4.78, 5) is 34.8. The zero-order valence-corrected chi connectivity index (χ0v) is 14.4. The highest BCUT2D eigenvalue weighted by molar-refractivity contribution is 5.98. The van der Waals surface area contributed by atoms with Crippen LogP contribution in [0.1, 0.15) is 42.5 Å². The van der Waals surface area contributed by atoms with E-state index < -0.39 is 11.5 Å². The van der Waals surface area contributed by atoms with Crippen LogP contribution in [0.2, 0.25) is 0 Å². The van der Waals surface area contributed by atoms with Gasteiger partial charge in [0.25, 0.3) is 11.5 Å². The fourth-order valence-corrected chi connectivity index (χ4v) is 3.14. The number of rotatable bonds is 6. The van der Waals surface area contributed by atoms with Crippen LogP contribution in [-0.2, 0) is 0 Å². The molecule has 7 N–H and O–H groups in total. The summed E-state index contributed by atoms with van der Waals surface area (Å²) in [5.41, 5.74) is 11.2. The molecule has 0 atom stereocenters. The fraction of sp³-hybridized carbons (Fsp3) is 0.412. The van der Waals surface area contributed by atoms with E-state index in [1.165, 1.54) is 6.42 Å². The van der Waals surface area contributed by atoms with E-state index in [4.69, 9.17) is 11.5 Å². The van der Waals surface area contributed by atoms with Gasteiger partial charge in [-0.25, -0.2) is 0 Å². The average Bonchev–Trinajstić information content (AvgIpc) is 2.61. The molecule has 3 rings (SSSR count). The summed E-state index contributed by atoms with van der Waals surface area (Å²) in [5.74, 6) is -0.549. The quantitative estimate of drug-likeness (QED) is 0.518. The van der Waals surface area contributed by atoms with Crippen molar-refractivity contribution in [2.24, 2.45) is 11.5 Å². The van der Waals surface area contributed by atoms with E-state index in [1.807, 2.05) is 0 Å². The van der Waals surface area contributed by atoms with Crippen molar-refractivity contribution in [2.75, 3.05) is 17.2 Å². The maximum atomic E-state index is 12.3. The lowest BCUT2D eigenvalue weighted by Gasteiger charge is -2.33. The third-order valence-electron chi connectivity index (χ3n) is 4.55. The van der Waals surface area contributed by atoms with E-state index >= 15 is 0 Å². The topological polar surface area (TPSA) is 152 Å². The van der Waals surface area contributed by atoms with E-state index in [2.05, 4.69) is 25.6 Å². The first kappa shape index (κ1) is 17.9. The second kappa shape index (κ2) is 7.52. The number of aromatic nitrogens is 3. The molecule has 26 heavy (non-hydrogen) atoms. The summed E-state index contributed by atoms with van der Waals surface area (Å²) >= 11 is 0. The first-order valence-corrected chi connectivity index (χ1v) is 8.61. The number of carbonyl (C=O) groups excluding carboxylic acids is 1. The maximum Gasteiger partial charge on any atom is 0.267 e. The van der Waals surface area contributed by atoms with Crippen molar-refractivity contribution in [3.8, 4) is 0 Å². The van der Waals surface area contributed by atoms with Crippen LogP contribution in [0.4, 0.5) is 17.5 Å². The van der Waals surface area contributed by atoms with Crippen LogP contribution in [0.15, 0.2) is 29.3 Å². The van der Waals surface area contributed by atoms with E-state index in [0.29, 0.717) is 12.2 Å². The van der Waals surface area contributed by atoms with Gasteiger partial charge >= 0.3 is 0 Å². The van der Waals surface area contributed by atoms with Crippen LogP contribution in [0, 0.1) is 0 Å². The minimum atomic E-state index is -0.862. The normalized spacial score (nSPS) is 16.0. The van der Waals surface area contributed by atoms with Gasteiger partial charge in [-0.3, -0.25) is 19.6 Å².